The Morgan fingerprint density at radius 2 is 2.17 bits per heavy atom. The molecule has 1 N–H and O–H groups in total. The minimum absolute atomic E-state index is 0.00347. The van der Waals surface area contributed by atoms with Gasteiger partial charge in [0.05, 0.1) is 12.4 Å². The minimum Gasteiger partial charge on any atom is -0.287 e. The fraction of sp³-hybridized carbons (Fsp3) is 1.00. The number of hydrogen-bond donors (Lipinski definition) is 1. The monoisotopic (exact) mass is 215 g/mol. The van der Waals surface area contributed by atoms with E-state index < -0.39 is 10.0 Å². The SMILES string of the molecule is CCONS(=O)(=O)CC(C)CCl. The summed E-state index contributed by atoms with van der Waals surface area (Å²) in [5.74, 6) is 0.258. The largest absolute Gasteiger partial charge is 0.287 e. The number of rotatable bonds is 6. The summed E-state index contributed by atoms with van der Waals surface area (Å²) in [5.41, 5.74) is 0. The molecule has 0 saturated carbocycles. The van der Waals surface area contributed by atoms with E-state index in [1.54, 1.807) is 13.8 Å². The van der Waals surface area contributed by atoms with Gasteiger partial charge in [0.2, 0.25) is 10.0 Å². The Balaban J connectivity index is 3.88. The number of alkyl halides is 1. The molecule has 0 amide bonds. The van der Waals surface area contributed by atoms with E-state index in [4.69, 9.17) is 11.6 Å². The second-order valence-corrected chi connectivity index (χ2v) is 4.60. The van der Waals surface area contributed by atoms with Gasteiger partial charge in [0.25, 0.3) is 0 Å². The van der Waals surface area contributed by atoms with E-state index in [9.17, 15) is 8.42 Å². The van der Waals surface area contributed by atoms with Gasteiger partial charge in [-0.15, -0.1) is 11.6 Å². The third-order valence-corrected chi connectivity index (χ3v) is 3.00. The van der Waals surface area contributed by atoms with Crippen LogP contribution in [0.1, 0.15) is 13.8 Å². The average Bonchev–Trinajstić information content (AvgIpc) is 2.00. The molecule has 74 valence electrons. The van der Waals surface area contributed by atoms with Gasteiger partial charge in [-0.2, -0.15) is 0 Å². The molecule has 0 saturated heterocycles. The number of halogens is 1. The van der Waals surface area contributed by atoms with Crippen molar-refractivity contribution >= 4 is 21.6 Å². The van der Waals surface area contributed by atoms with E-state index in [0.717, 1.165) is 0 Å². The Labute approximate surface area is 78.2 Å². The van der Waals surface area contributed by atoms with Crippen molar-refractivity contribution in [1.82, 2.24) is 4.89 Å². The van der Waals surface area contributed by atoms with Crippen molar-refractivity contribution in [1.29, 1.82) is 0 Å². The molecule has 0 aliphatic heterocycles. The number of nitrogens with one attached hydrogen (secondary N) is 1. The van der Waals surface area contributed by atoms with Gasteiger partial charge in [0, 0.05) is 5.88 Å². The van der Waals surface area contributed by atoms with Crippen LogP contribution in [0.4, 0.5) is 0 Å². The summed E-state index contributed by atoms with van der Waals surface area (Å²) in [6.07, 6.45) is 0. The highest BCUT2D eigenvalue weighted by Crippen LogP contribution is 2.01. The lowest BCUT2D eigenvalue weighted by Gasteiger charge is -2.08. The second kappa shape index (κ2) is 5.75. The zero-order chi connectivity index (χ0) is 9.61. The fourth-order valence-corrected chi connectivity index (χ4v) is 2.07. The summed E-state index contributed by atoms with van der Waals surface area (Å²) in [5, 5.41) is 0. The molecule has 0 spiro atoms. The lowest BCUT2D eigenvalue weighted by Crippen LogP contribution is -2.29. The first-order chi connectivity index (χ1) is 5.52. The van der Waals surface area contributed by atoms with Crippen LogP contribution in [-0.4, -0.2) is 26.7 Å². The average molecular weight is 216 g/mol. The molecule has 0 heterocycles. The van der Waals surface area contributed by atoms with Crippen LogP contribution in [0.25, 0.3) is 0 Å². The zero-order valence-corrected chi connectivity index (χ0v) is 8.78. The van der Waals surface area contributed by atoms with Crippen molar-refractivity contribution < 1.29 is 13.3 Å². The van der Waals surface area contributed by atoms with Gasteiger partial charge >= 0.3 is 0 Å². The first-order valence-corrected chi connectivity index (χ1v) is 5.87. The van der Waals surface area contributed by atoms with Gasteiger partial charge in [0.1, 0.15) is 0 Å². The Morgan fingerprint density at radius 1 is 1.58 bits per heavy atom. The van der Waals surface area contributed by atoms with Gasteiger partial charge in [-0.25, -0.2) is 8.42 Å². The Bertz CT molecular complexity index is 205. The molecule has 1 unspecified atom stereocenters. The highest BCUT2D eigenvalue weighted by Gasteiger charge is 2.14. The summed E-state index contributed by atoms with van der Waals surface area (Å²) in [4.78, 5) is 6.55. The maximum Gasteiger partial charge on any atom is 0.233 e. The van der Waals surface area contributed by atoms with Gasteiger partial charge < -0.3 is 0 Å². The van der Waals surface area contributed by atoms with Crippen molar-refractivity contribution in [2.24, 2.45) is 5.92 Å². The Morgan fingerprint density at radius 3 is 2.58 bits per heavy atom. The molecule has 0 radical (unpaired) electrons. The summed E-state index contributed by atoms with van der Waals surface area (Å²) in [6.45, 7) is 3.78. The van der Waals surface area contributed by atoms with E-state index in [2.05, 4.69) is 4.84 Å². The number of hydrogen-bond acceptors (Lipinski definition) is 3. The smallest absolute Gasteiger partial charge is 0.233 e. The molecule has 6 heteroatoms. The van der Waals surface area contributed by atoms with Crippen molar-refractivity contribution in [3.63, 3.8) is 0 Å². The molecule has 0 bridgehead atoms. The van der Waals surface area contributed by atoms with E-state index in [1.807, 2.05) is 4.89 Å². The van der Waals surface area contributed by atoms with E-state index in [-0.39, 0.29) is 11.7 Å². The second-order valence-electron chi connectivity index (χ2n) is 2.56. The van der Waals surface area contributed by atoms with Crippen LogP contribution in [0.15, 0.2) is 0 Å². The predicted molar refractivity (Wildman–Crippen MR) is 48.4 cm³/mol. The first kappa shape index (κ1) is 12.2. The normalized spacial score (nSPS) is 14.6. The maximum atomic E-state index is 11.1. The lowest BCUT2D eigenvalue weighted by atomic mass is 10.3. The molecule has 1 atom stereocenters. The summed E-state index contributed by atoms with van der Waals surface area (Å²) in [6, 6.07) is 0. The van der Waals surface area contributed by atoms with E-state index in [1.165, 1.54) is 0 Å². The van der Waals surface area contributed by atoms with Gasteiger partial charge in [-0.05, 0) is 12.8 Å². The Hall–Kier alpha value is 0.160. The molecule has 0 aromatic heterocycles. The molecule has 0 aromatic rings. The topological polar surface area (TPSA) is 55.4 Å². The molecule has 12 heavy (non-hydrogen) atoms. The Kier molecular flexibility index (Phi) is 5.82. The number of sulfonamides is 1. The summed E-state index contributed by atoms with van der Waals surface area (Å²) < 4.78 is 22.1. The highest BCUT2D eigenvalue weighted by atomic mass is 35.5. The van der Waals surface area contributed by atoms with E-state index in [0.29, 0.717) is 12.5 Å². The third kappa shape index (κ3) is 5.77. The van der Waals surface area contributed by atoms with Crippen molar-refractivity contribution in [3.05, 3.63) is 0 Å². The minimum atomic E-state index is -3.31. The molecule has 0 rings (SSSR count). The van der Waals surface area contributed by atoms with Gasteiger partial charge in [-0.3, -0.25) is 4.84 Å². The van der Waals surface area contributed by atoms with Crippen LogP contribution >= 0.6 is 11.6 Å². The molecular weight excluding hydrogens is 202 g/mol. The lowest BCUT2D eigenvalue weighted by molar-refractivity contribution is 0.105. The molecule has 0 aliphatic carbocycles. The molecule has 0 aliphatic rings. The van der Waals surface area contributed by atoms with Crippen molar-refractivity contribution in [2.75, 3.05) is 18.2 Å². The van der Waals surface area contributed by atoms with Crippen molar-refractivity contribution in [2.45, 2.75) is 13.8 Å². The quantitative estimate of drug-likeness (QED) is 0.525. The van der Waals surface area contributed by atoms with Crippen LogP contribution in [0.5, 0.6) is 0 Å². The van der Waals surface area contributed by atoms with Crippen LogP contribution in [-0.2, 0) is 14.9 Å². The molecule has 4 nitrogen and oxygen atoms in total. The molecule has 0 aromatic carbocycles. The van der Waals surface area contributed by atoms with Gasteiger partial charge in [-0.1, -0.05) is 11.8 Å². The maximum absolute atomic E-state index is 11.1. The molecular formula is C6H14ClNO3S. The standard InChI is InChI=1S/C6H14ClNO3S/c1-3-11-8-12(9,10)5-6(2)4-7/h6,8H,3-5H2,1-2H3. The first-order valence-electron chi connectivity index (χ1n) is 3.69. The zero-order valence-electron chi connectivity index (χ0n) is 7.21. The highest BCUT2D eigenvalue weighted by molar-refractivity contribution is 7.89. The predicted octanol–water partition coefficient (Wildman–Crippen LogP) is 0.732. The van der Waals surface area contributed by atoms with Crippen LogP contribution in [0.3, 0.4) is 0 Å². The van der Waals surface area contributed by atoms with Crippen LogP contribution < -0.4 is 4.89 Å². The molecule has 0 fully saturated rings. The van der Waals surface area contributed by atoms with Crippen LogP contribution in [0, 0.1) is 5.92 Å². The summed E-state index contributed by atoms with van der Waals surface area (Å²) >= 11 is 5.46. The van der Waals surface area contributed by atoms with Crippen LogP contribution in [0.2, 0.25) is 0 Å². The third-order valence-electron chi connectivity index (χ3n) is 1.10. The van der Waals surface area contributed by atoms with E-state index >= 15 is 0 Å². The van der Waals surface area contributed by atoms with Crippen molar-refractivity contribution in [3.8, 4) is 0 Å². The van der Waals surface area contributed by atoms with Gasteiger partial charge in [0.15, 0.2) is 0 Å². The fourth-order valence-electron chi connectivity index (χ4n) is 0.602. The summed E-state index contributed by atoms with van der Waals surface area (Å²) in [7, 11) is -3.31.